The van der Waals surface area contributed by atoms with Crippen LogP contribution in [0, 0.1) is 0 Å². The molecule has 0 aromatic carbocycles. The van der Waals surface area contributed by atoms with Crippen molar-refractivity contribution in [2.45, 2.75) is 0 Å². The molecular formula is C16H6N8S2. The number of thiophene rings is 2. The Balaban J connectivity index is 1.57. The number of hydrogen-bond acceptors (Lipinski definition) is 10. The largest absolute Gasteiger partial charge is 0.263 e. The van der Waals surface area contributed by atoms with Crippen molar-refractivity contribution in [2.24, 2.45) is 0 Å². The van der Waals surface area contributed by atoms with E-state index in [0.29, 0.717) is 11.5 Å². The Hall–Kier alpha value is -3.24. The molecule has 0 fully saturated rings. The van der Waals surface area contributed by atoms with Crippen molar-refractivity contribution in [3.8, 4) is 11.5 Å². The molecule has 8 nitrogen and oxygen atoms in total. The van der Waals surface area contributed by atoms with Crippen molar-refractivity contribution < 1.29 is 0 Å². The lowest BCUT2D eigenvalue weighted by Gasteiger charge is -1.98. The Morgan fingerprint density at radius 3 is 2.73 bits per heavy atom. The summed E-state index contributed by atoms with van der Waals surface area (Å²) in [5.41, 5.74) is 2.22. The zero-order valence-corrected chi connectivity index (χ0v) is 14.5. The lowest BCUT2D eigenvalue weighted by atomic mass is 10.2. The van der Waals surface area contributed by atoms with Crippen LogP contribution in [0.1, 0.15) is 0 Å². The van der Waals surface area contributed by atoms with E-state index in [4.69, 9.17) is 0 Å². The van der Waals surface area contributed by atoms with E-state index < -0.39 is 0 Å². The Morgan fingerprint density at radius 2 is 1.73 bits per heavy atom. The van der Waals surface area contributed by atoms with Crippen molar-refractivity contribution in [3.63, 3.8) is 0 Å². The molecule has 0 unspecified atom stereocenters. The molecule has 0 aliphatic carbocycles. The fourth-order valence-corrected chi connectivity index (χ4v) is 4.77. The smallest absolute Gasteiger partial charge is 0.201 e. The molecule has 0 bridgehead atoms. The summed E-state index contributed by atoms with van der Waals surface area (Å²) in [6.07, 6.45) is 5.01. The van der Waals surface area contributed by atoms with Gasteiger partial charge >= 0.3 is 0 Å². The molecule has 0 radical (unpaired) electrons. The normalized spacial score (nSPS) is 11.8. The van der Waals surface area contributed by atoms with Crippen LogP contribution in [0.3, 0.4) is 0 Å². The van der Waals surface area contributed by atoms with E-state index in [1.807, 2.05) is 24.4 Å². The first-order chi connectivity index (χ1) is 12.9. The summed E-state index contributed by atoms with van der Waals surface area (Å²) in [5, 5.41) is 18.6. The monoisotopic (exact) mass is 374 g/mol. The van der Waals surface area contributed by atoms with Crippen molar-refractivity contribution in [2.75, 3.05) is 0 Å². The molecule has 6 aromatic heterocycles. The first kappa shape index (κ1) is 14.0. The number of nitrogens with zero attached hydrogens (tertiary/aromatic N) is 8. The minimum absolute atomic E-state index is 0.496. The Bertz CT molecular complexity index is 1340. The fourth-order valence-electron chi connectivity index (χ4n) is 2.85. The molecule has 26 heavy (non-hydrogen) atoms. The summed E-state index contributed by atoms with van der Waals surface area (Å²) >= 11 is 3.02. The molecule has 0 atom stereocenters. The predicted molar refractivity (Wildman–Crippen MR) is 100 cm³/mol. The zero-order valence-electron chi connectivity index (χ0n) is 12.9. The van der Waals surface area contributed by atoms with Crippen LogP contribution in [0.2, 0.25) is 0 Å². The van der Waals surface area contributed by atoms with Gasteiger partial charge in [-0.1, -0.05) is 11.3 Å². The predicted octanol–water partition coefficient (Wildman–Crippen LogP) is 3.25. The first-order valence-electron chi connectivity index (χ1n) is 7.61. The van der Waals surface area contributed by atoms with Crippen LogP contribution in [-0.4, -0.2) is 40.3 Å². The molecule has 6 heterocycles. The molecule has 0 spiro atoms. The van der Waals surface area contributed by atoms with Gasteiger partial charge in [0.25, 0.3) is 0 Å². The molecule has 0 N–H and O–H groups in total. The standard InChI is InChI=1S/C16H6N8S2/c1-2-9(20-14-8(1)12-15(26-14)18-6-19-22-12)13-21-16-11(23-24-13)7-3-4-17-5-10(7)25-16/h1-6H. The van der Waals surface area contributed by atoms with Gasteiger partial charge in [0.05, 0.1) is 4.70 Å². The van der Waals surface area contributed by atoms with Gasteiger partial charge in [0.1, 0.15) is 37.5 Å². The van der Waals surface area contributed by atoms with E-state index in [9.17, 15) is 0 Å². The third-order valence-corrected chi connectivity index (χ3v) is 6.05. The van der Waals surface area contributed by atoms with Gasteiger partial charge in [-0.15, -0.1) is 31.7 Å². The van der Waals surface area contributed by atoms with Crippen molar-refractivity contribution in [1.82, 2.24) is 40.3 Å². The topological polar surface area (TPSA) is 103 Å². The quantitative estimate of drug-likeness (QED) is 0.432. The highest BCUT2D eigenvalue weighted by Gasteiger charge is 2.14. The molecule has 10 heteroatoms. The van der Waals surface area contributed by atoms with Gasteiger partial charge in [-0.3, -0.25) is 4.98 Å². The lowest BCUT2D eigenvalue weighted by molar-refractivity contribution is 1.03. The second kappa shape index (κ2) is 5.13. The number of fused-ring (bicyclic) bond motifs is 6. The van der Waals surface area contributed by atoms with Gasteiger partial charge in [-0.2, -0.15) is 0 Å². The average molecular weight is 374 g/mol. The highest BCUT2D eigenvalue weighted by Crippen LogP contribution is 2.33. The second-order valence-corrected chi connectivity index (χ2v) is 7.54. The lowest BCUT2D eigenvalue weighted by Crippen LogP contribution is -1.94. The minimum atomic E-state index is 0.496. The molecule has 0 aliphatic heterocycles. The van der Waals surface area contributed by atoms with Gasteiger partial charge in [0.15, 0.2) is 0 Å². The van der Waals surface area contributed by atoms with E-state index >= 15 is 0 Å². The Labute approximate surface area is 152 Å². The summed E-state index contributed by atoms with van der Waals surface area (Å²) in [6.45, 7) is 0. The number of hydrogen-bond donors (Lipinski definition) is 0. The number of rotatable bonds is 1. The SMILES string of the molecule is c1cc2c(cn1)sc1nc(-c3ccc4c(n3)sc3ncnnc34)nnc12. The maximum absolute atomic E-state index is 4.68. The minimum Gasteiger partial charge on any atom is -0.263 e. The zero-order chi connectivity index (χ0) is 17.1. The van der Waals surface area contributed by atoms with Gasteiger partial charge in [-0.25, -0.2) is 15.0 Å². The number of aromatic nitrogens is 8. The van der Waals surface area contributed by atoms with Crippen molar-refractivity contribution in [3.05, 3.63) is 36.9 Å². The molecule has 6 aromatic rings. The maximum Gasteiger partial charge on any atom is 0.201 e. The summed E-state index contributed by atoms with van der Waals surface area (Å²) in [6, 6.07) is 5.76. The molecule has 6 rings (SSSR count). The first-order valence-corrected chi connectivity index (χ1v) is 9.24. The third-order valence-electron chi connectivity index (χ3n) is 4.03. The van der Waals surface area contributed by atoms with Crippen LogP contribution in [-0.2, 0) is 0 Å². The van der Waals surface area contributed by atoms with Crippen LogP contribution in [0.5, 0.6) is 0 Å². The molecule has 0 saturated heterocycles. The fraction of sp³-hybridized carbons (Fsp3) is 0. The summed E-state index contributed by atoms with van der Waals surface area (Å²) in [4.78, 5) is 20.2. The van der Waals surface area contributed by atoms with Gasteiger partial charge in [0.2, 0.25) is 5.82 Å². The molecular weight excluding hydrogens is 368 g/mol. The van der Waals surface area contributed by atoms with Gasteiger partial charge < -0.3 is 0 Å². The maximum atomic E-state index is 4.68. The van der Waals surface area contributed by atoms with Crippen molar-refractivity contribution >= 4 is 63.7 Å². The average Bonchev–Trinajstić information content (AvgIpc) is 3.24. The highest BCUT2D eigenvalue weighted by molar-refractivity contribution is 7.25. The van der Waals surface area contributed by atoms with Crippen LogP contribution in [0.25, 0.3) is 52.5 Å². The van der Waals surface area contributed by atoms with E-state index in [2.05, 4.69) is 40.3 Å². The third kappa shape index (κ3) is 1.93. The molecule has 0 aliphatic rings. The molecule has 122 valence electrons. The van der Waals surface area contributed by atoms with Crippen molar-refractivity contribution in [1.29, 1.82) is 0 Å². The highest BCUT2D eigenvalue weighted by atomic mass is 32.1. The Morgan fingerprint density at radius 1 is 0.769 bits per heavy atom. The molecule has 0 amide bonds. The van der Waals surface area contributed by atoms with E-state index in [0.717, 1.165) is 41.0 Å². The molecule has 0 saturated carbocycles. The summed E-state index contributed by atoms with van der Waals surface area (Å²) in [7, 11) is 0. The van der Waals surface area contributed by atoms with Gasteiger partial charge in [0, 0.05) is 23.2 Å². The van der Waals surface area contributed by atoms with Crippen LogP contribution in [0.15, 0.2) is 36.9 Å². The number of pyridine rings is 2. The van der Waals surface area contributed by atoms with Crippen LogP contribution >= 0.6 is 22.7 Å². The van der Waals surface area contributed by atoms with Crippen LogP contribution in [0.4, 0.5) is 0 Å². The van der Waals surface area contributed by atoms with E-state index in [1.165, 1.54) is 17.7 Å². The summed E-state index contributed by atoms with van der Waals surface area (Å²) < 4.78 is 1.04. The summed E-state index contributed by atoms with van der Waals surface area (Å²) in [5.74, 6) is 0.496. The van der Waals surface area contributed by atoms with Gasteiger partial charge in [-0.05, 0) is 18.2 Å². The second-order valence-electron chi connectivity index (χ2n) is 5.53. The van der Waals surface area contributed by atoms with E-state index in [1.54, 1.807) is 17.5 Å². The Kier molecular flexibility index (Phi) is 2.76. The van der Waals surface area contributed by atoms with E-state index in [-0.39, 0.29) is 0 Å². The van der Waals surface area contributed by atoms with Crippen LogP contribution < -0.4 is 0 Å².